The number of nitrogens with zero attached hydrogens (tertiary/aromatic N) is 1. The number of anilines is 1. The molecule has 1 aliphatic heterocycles. The van der Waals surface area contributed by atoms with E-state index in [1.54, 1.807) is 4.90 Å². The van der Waals surface area contributed by atoms with Gasteiger partial charge in [0.05, 0.1) is 0 Å². The maximum atomic E-state index is 13.2. The van der Waals surface area contributed by atoms with E-state index in [4.69, 9.17) is 0 Å². The lowest BCUT2D eigenvalue weighted by molar-refractivity contribution is -0.132. The Bertz CT molecular complexity index is 972. The minimum atomic E-state index is -0.808. The predicted molar refractivity (Wildman–Crippen MR) is 121 cm³/mol. The minimum absolute atomic E-state index is 0.0432. The van der Waals surface area contributed by atoms with Gasteiger partial charge in [0.25, 0.3) is 5.91 Å². The van der Waals surface area contributed by atoms with Crippen LogP contribution in [0.1, 0.15) is 74.0 Å². The average Bonchev–Trinajstić information content (AvgIpc) is 2.72. The van der Waals surface area contributed by atoms with E-state index in [0.717, 1.165) is 24.9 Å². The fourth-order valence-electron chi connectivity index (χ4n) is 4.54. The summed E-state index contributed by atoms with van der Waals surface area (Å²) in [4.78, 5) is 28.1. The molecular weight excluding hydrogens is 372 g/mol. The van der Waals surface area contributed by atoms with Crippen molar-refractivity contribution in [2.24, 2.45) is 0 Å². The molecule has 158 valence electrons. The molecule has 1 unspecified atom stereocenters. The van der Waals surface area contributed by atoms with Gasteiger partial charge in [-0.25, -0.2) is 0 Å². The maximum Gasteiger partial charge on any atom is 0.254 e. The van der Waals surface area contributed by atoms with Crippen LogP contribution in [0.2, 0.25) is 0 Å². The molecule has 30 heavy (non-hydrogen) atoms. The summed E-state index contributed by atoms with van der Waals surface area (Å²) in [5, 5.41) is 3.15. The van der Waals surface area contributed by atoms with Gasteiger partial charge in [0.15, 0.2) is 0 Å². The lowest BCUT2D eigenvalue weighted by atomic mass is 9.83. The van der Waals surface area contributed by atoms with Gasteiger partial charge in [-0.3, -0.25) is 9.59 Å². The number of fused-ring (bicyclic) bond motifs is 1. The van der Waals surface area contributed by atoms with Crippen molar-refractivity contribution in [1.29, 1.82) is 0 Å². The van der Waals surface area contributed by atoms with Gasteiger partial charge in [0, 0.05) is 17.8 Å². The summed E-state index contributed by atoms with van der Waals surface area (Å²) < 4.78 is 0. The standard InChI is InChI=1S/C26H32N2O2/c1-25(2,3)20-14-12-19(13-15-20)23(29)28-17-16-26(28,4)24(30)27-22-11-7-9-18-8-5-6-10-21(18)22/h7,9,11-15H,5-6,8,10,16-17H2,1-4H3,(H,27,30). The Kier molecular flexibility index (Phi) is 5.21. The van der Waals surface area contributed by atoms with E-state index in [9.17, 15) is 9.59 Å². The van der Waals surface area contributed by atoms with Crippen molar-refractivity contribution in [2.75, 3.05) is 11.9 Å². The molecule has 4 rings (SSSR count). The number of aryl methyl sites for hydroxylation is 1. The van der Waals surface area contributed by atoms with Gasteiger partial charge >= 0.3 is 0 Å². The van der Waals surface area contributed by atoms with Gasteiger partial charge in [0.1, 0.15) is 5.54 Å². The largest absolute Gasteiger partial charge is 0.324 e. The molecular formula is C26H32N2O2. The van der Waals surface area contributed by atoms with Crippen molar-refractivity contribution in [2.45, 2.75) is 70.8 Å². The Balaban J connectivity index is 1.51. The Morgan fingerprint density at radius 3 is 2.33 bits per heavy atom. The highest BCUT2D eigenvalue weighted by Gasteiger charge is 2.49. The van der Waals surface area contributed by atoms with E-state index in [1.165, 1.54) is 23.1 Å². The third-order valence-electron chi connectivity index (χ3n) is 6.79. The van der Waals surface area contributed by atoms with Crippen molar-refractivity contribution >= 4 is 17.5 Å². The van der Waals surface area contributed by atoms with E-state index < -0.39 is 5.54 Å². The molecule has 1 heterocycles. The second-order valence-electron chi connectivity index (χ2n) is 9.91. The van der Waals surface area contributed by atoms with Crippen LogP contribution in [0.25, 0.3) is 0 Å². The SMILES string of the molecule is CC(C)(C)c1ccc(C(=O)N2CCC2(C)C(=O)Nc2cccc3c2CCCC3)cc1. The van der Waals surface area contributed by atoms with Gasteiger partial charge in [-0.1, -0.05) is 45.0 Å². The smallest absolute Gasteiger partial charge is 0.254 e. The molecule has 1 N–H and O–H groups in total. The number of hydrogen-bond donors (Lipinski definition) is 1. The van der Waals surface area contributed by atoms with Crippen LogP contribution in [0.5, 0.6) is 0 Å². The van der Waals surface area contributed by atoms with Crippen molar-refractivity contribution in [3.05, 3.63) is 64.7 Å². The zero-order valence-electron chi connectivity index (χ0n) is 18.5. The van der Waals surface area contributed by atoms with Crippen LogP contribution in [0.15, 0.2) is 42.5 Å². The molecule has 0 bridgehead atoms. The molecule has 1 fully saturated rings. The van der Waals surface area contributed by atoms with E-state index in [1.807, 2.05) is 43.3 Å². The molecule has 4 heteroatoms. The zero-order chi connectivity index (χ0) is 21.5. The Labute approximate surface area is 179 Å². The van der Waals surface area contributed by atoms with Crippen LogP contribution in [-0.2, 0) is 23.1 Å². The van der Waals surface area contributed by atoms with E-state index in [-0.39, 0.29) is 17.2 Å². The van der Waals surface area contributed by atoms with Crippen LogP contribution in [0.3, 0.4) is 0 Å². The first kappa shape index (κ1) is 20.6. The summed E-state index contributed by atoms with van der Waals surface area (Å²) in [6.07, 6.45) is 5.13. The molecule has 1 saturated heterocycles. The molecule has 0 spiro atoms. The normalized spacial score (nSPS) is 20.9. The summed E-state index contributed by atoms with van der Waals surface area (Å²) in [5.41, 5.74) is 4.57. The van der Waals surface area contributed by atoms with Crippen LogP contribution < -0.4 is 5.32 Å². The summed E-state index contributed by atoms with van der Waals surface area (Å²) in [7, 11) is 0. The fourth-order valence-corrected chi connectivity index (χ4v) is 4.54. The summed E-state index contributed by atoms with van der Waals surface area (Å²) >= 11 is 0. The summed E-state index contributed by atoms with van der Waals surface area (Å²) in [5.74, 6) is -0.165. The zero-order valence-corrected chi connectivity index (χ0v) is 18.5. The number of carbonyl (C=O) groups is 2. The van der Waals surface area contributed by atoms with Gasteiger partial charge < -0.3 is 10.2 Å². The lowest BCUT2D eigenvalue weighted by Crippen LogP contribution is -2.66. The van der Waals surface area contributed by atoms with Gasteiger partial charge in [0.2, 0.25) is 5.91 Å². The van der Waals surface area contributed by atoms with Crippen molar-refractivity contribution < 1.29 is 9.59 Å². The van der Waals surface area contributed by atoms with Crippen LogP contribution >= 0.6 is 0 Å². The maximum absolute atomic E-state index is 13.2. The Morgan fingerprint density at radius 1 is 1.00 bits per heavy atom. The molecule has 2 aromatic rings. The number of amides is 2. The third kappa shape index (κ3) is 3.64. The Hall–Kier alpha value is -2.62. The fraction of sp³-hybridized carbons (Fsp3) is 0.462. The number of likely N-dealkylation sites (tertiary alicyclic amines) is 1. The molecule has 2 amide bonds. The van der Waals surface area contributed by atoms with E-state index in [0.29, 0.717) is 18.5 Å². The second-order valence-corrected chi connectivity index (χ2v) is 9.91. The van der Waals surface area contributed by atoms with Crippen LogP contribution in [0.4, 0.5) is 5.69 Å². The lowest BCUT2D eigenvalue weighted by Gasteiger charge is -2.49. The highest BCUT2D eigenvalue weighted by molar-refractivity contribution is 6.05. The molecule has 1 atom stereocenters. The van der Waals surface area contributed by atoms with Gasteiger partial charge in [-0.05, 0) is 79.3 Å². The van der Waals surface area contributed by atoms with Gasteiger partial charge in [-0.15, -0.1) is 0 Å². The number of rotatable bonds is 3. The predicted octanol–water partition coefficient (Wildman–Crippen LogP) is 5.11. The second kappa shape index (κ2) is 7.57. The molecule has 0 radical (unpaired) electrons. The number of hydrogen-bond acceptors (Lipinski definition) is 2. The third-order valence-corrected chi connectivity index (χ3v) is 6.79. The van der Waals surface area contributed by atoms with Gasteiger partial charge in [-0.2, -0.15) is 0 Å². The Morgan fingerprint density at radius 2 is 1.70 bits per heavy atom. The highest BCUT2D eigenvalue weighted by atomic mass is 16.2. The number of carbonyl (C=O) groups excluding carboxylic acids is 2. The van der Waals surface area contributed by atoms with Crippen LogP contribution in [0, 0.1) is 0 Å². The molecule has 1 aliphatic carbocycles. The molecule has 2 aliphatic rings. The quantitative estimate of drug-likeness (QED) is 0.773. The number of benzene rings is 2. The average molecular weight is 405 g/mol. The summed E-state index contributed by atoms with van der Waals surface area (Å²) in [6.45, 7) is 8.95. The first-order valence-electron chi connectivity index (χ1n) is 11.0. The number of nitrogens with one attached hydrogen (secondary N) is 1. The highest BCUT2D eigenvalue weighted by Crippen LogP contribution is 2.35. The summed E-state index contributed by atoms with van der Waals surface area (Å²) in [6, 6.07) is 14.0. The molecule has 0 aromatic heterocycles. The monoisotopic (exact) mass is 404 g/mol. The molecule has 2 aromatic carbocycles. The van der Waals surface area contributed by atoms with Crippen molar-refractivity contribution in [3.63, 3.8) is 0 Å². The first-order chi connectivity index (χ1) is 14.2. The van der Waals surface area contributed by atoms with Crippen LogP contribution in [-0.4, -0.2) is 28.8 Å². The molecule has 0 saturated carbocycles. The first-order valence-corrected chi connectivity index (χ1v) is 11.0. The topological polar surface area (TPSA) is 49.4 Å². The minimum Gasteiger partial charge on any atom is -0.324 e. The molecule has 4 nitrogen and oxygen atoms in total. The van der Waals surface area contributed by atoms with E-state index >= 15 is 0 Å². The van der Waals surface area contributed by atoms with Crippen molar-refractivity contribution in [1.82, 2.24) is 4.90 Å². The van der Waals surface area contributed by atoms with E-state index in [2.05, 4.69) is 32.2 Å². The van der Waals surface area contributed by atoms with Crippen molar-refractivity contribution in [3.8, 4) is 0 Å².